The van der Waals surface area contributed by atoms with Crippen molar-refractivity contribution < 1.29 is 19.1 Å². The number of nitrogens with two attached hydrogens (primary N) is 1. The van der Waals surface area contributed by atoms with Crippen LogP contribution >= 0.6 is 42.6 Å². The number of nitrogens with zero attached hydrogens (tertiary/aromatic N) is 5. The largest absolute Gasteiger partial charge is 0.390 e. The molecule has 3 heterocycles. The minimum Gasteiger partial charge on any atom is -0.390 e. The number of β-amino-alcohol motifs (C(OH)–C–C–N with tert-alkyl or cyclic N) is 1. The summed E-state index contributed by atoms with van der Waals surface area (Å²) < 4.78 is 16.0. The van der Waals surface area contributed by atoms with Crippen molar-refractivity contribution in [2.75, 3.05) is 31.6 Å². The third kappa shape index (κ3) is 8.80. The third-order valence-electron chi connectivity index (χ3n) is 7.98. The van der Waals surface area contributed by atoms with Crippen LogP contribution in [0.25, 0.3) is 16.5 Å². The molecule has 2 fully saturated rings. The maximum atomic E-state index is 16.0. The van der Waals surface area contributed by atoms with Gasteiger partial charge in [0.1, 0.15) is 17.6 Å². The van der Waals surface area contributed by atoms with E-state index >= 15 is 4.39 Å². The summed E-state index contributed by atoms with van der Waals surface area (Å²) in [6, 6.07) is 11.8. The van der Waals surface area contributed by atoms with Gasteiger partial charge in [0.05, 0.1) is 23.0 Å². The molecule has 1 aromatic heterocycles. The number of allylic oxidation sites excluding steroid dienone is 2. The number of benzene rings is 2. The number of amides is 3. The van der Waals surface area contributed by atoms with E-state index in [2.05, 4.69) is 30.0 Å². The summed E-state index contributed by atoms with van der Waals surface area (Å²) >= 11 is 8.41. The van der Waals surface area contributed by atoms with Gasteiger partial charge in [-0.25, -0.2) is 9.18 Å². The van der Waals surface area contributed by atoms with Crippen molar-refractivity contribution in [1.82, 2.24) is 15.2 Å². The van der Waals surface area contributed by atoms with Gasteiger partial charge in [-0.1, -0.05) is 43.6 Å². The van der Waals surface area contributed by atoms with Gasteiger partial charge >= 0.3 is 6.03 Å². The molecule has 10 nitrogen and oxygen atoms in total. The third-order valence-corrected chi connectivity index (χ3v) is 8.30. The molecule has 3 aromatic rings. The molecule has 2 atom stereocenters. The quantitative estimate of drug-likeness (QED) is 0.0978. The Morgan fingerprint density at radius 3 is 2.64 bits per heavy atom. The van der Waals surface area contributed by atoms with E-state index in [4.69, 9.17) is 17.3 Å². The first-order valence-corrected chi connectivity index (χ1v) is 18.6. The predicted molar refractivity (Wildman–Crippen MR) is 197 cm³/mol. The molecule has 2 unspecified atom stereocenters. The van der Waals surface area contributed by atoms with Crippen molar-refractivity contribution >= 4 is 82.9 Å². The minimum absolute atomic E-state index is 0.0137. The van der Waals surface area contributed by atoms with E-state index in [0.717, 1.165) is 5.56 Å². The van der Waals surface area contributed by atoms with E-state index < -0.39 is 23.4 Å². The average molecular weight is 794 g/mol. The van der Waals surface area contributed by atoms with Gasteiger partial charge in [-0.2, -0.15) is 5.26 Å². The SMILES string of the molecule is CC.CN=C/C(=C(\N)C#N)c1ccc(CN2CCC(c3ccc4ncc(N5CCC(=O)NC5=O)cc4c3F)C(C)(O)C2)cc1Cl.SI. The number of halogens is 3. The second kappa shape index (κ2) is 17.2. The zero-order chi connectivity index (χ0) is 34.9. The number of likely N-dealkylation sites (tertiary alicyclic amines) is 1. The van der Waals surface area contributed by atoms with Crippen molar-refractivity contribution in [1.29, 1.82) is 5.26 Å². The van der Waals surface area contributed by atoms with E-state index in [0.29, 0.717) is 59.0 Å². The van der Waals surface area contributed by atoms with Crippen LogP contribution in [-0.2, 0) is 11.3 Å². The lowest BCUT2D eigenvalue weighted by atomic mass is 9.77. The Morgan fingerprint density at radius 2 is 2.02 bits per heavy atom. The number of thiol groups is 1. The van der Waals surface area contributed by atoms with Crippen LogP contribution < -0.4 is 16.0 Å². The van der Waals surface area contributed by atoms with E-state index in [1.807, 2.05) is 47.2 Å². The van der Waals surface area contributed by atoms with Crippen LogP contribution in [0, 0.1) is 17.1 Å². The number of hydrogen-bond donors (Lipinski definition) is 4. The summed E-state index contributed by atoms with van der Waals surface area (Å²) in [4.78, 5) is 35.6. The van der Waals surface area contributed by atoms with Crippen molar-refractivity contribution in [2.45, 2.75) is 51.7 Å². The molecule has 250 valence electrons. The molecule has 2 aliphatic rings. The first kappa shape index (κ1) is 38.2. The normalized spacial score (nSPS) is 20.4. The van der Waals surface area contributed by atoms with Gasteiger partial charge in [0, 0.05) is 66.8 Å². The Hall–Kier alpha value is -3.29. The van der Waals surface area contributed by atoms with E-state index in [-0.39, 0.29) is 30.0 Å². The maximum absolute atomic E-state index is 16.0. The van der Waals surface area contributed by atoms with E-state index in [9.17, 15) is 20.0 Å². The van der Waals surface area contributed by atoms with E-state index in [1.54, 1.807) is 44.3 Å². The number of rotatable bonds is 6. The van der Waals surface area contributed by atoms with Gasteiger partial charge in [-0.15, -0.1) is 9.80 Å². The molecule has 5 rings (SSSR count). The van der Waals surface area contributed by atoms with Crippen molar-refractivity contribution in [2.24, 2.45) is 10.7 Å². The summed E-state index contributed by atoms with van der Waals surface area (Å²) in [7, 11) is 5.08. The van der Waals surface area contributed by atoms with Gasteiger partial charge in [0.15, 0.2) is 0 Å². The number of carbonyl (C=O) groups excluding carboxylic acids is 2. The number of hydrogen-bond acceptors (Lipinski definition) is 9. The zero-order valence-electron chi connectivity index (χ0n) is 26.6. The smallest absolute Gasteiger partial charge is 0.328 e. The van der Waals surface area contributed by atoms with Gasteiger partial charge < -0.3 is 10.8 Å². The number of carbonyl (C=O) groups is 2. The Labute approximate surface area is 296 Å². The zero-order valence-corrected chi connectivity index (χ0v) is 30.4. The van der Waals surface area contributed by atoms with Crippen molar-refractivity contribution in [3.05, 3.63) is 75.8 Å². The molecular weight excluding hydrogens is 756 g/mol. The highest BCUT2D eigenvalue weighted by Gasteiger charge is 2.40. The second-order valence-corrected chi connectivity index (χ2v) is 11.4. The van der Waals surface area contributed by atoms with Crippen LogP contribution in [0.2, 0.25) is 5.02 Å². The number of fused-ring (bicyclic) bond motifs is 1. The highest BCUT2D eigenvalue weighted by atomic mass is 127. The second-order valence-electron chi connectivity index (χ2n) is 11.0. The number of pyridine rings is 1. The summed E-state index contributed by atoms with van der Waals surface area (Å²) in [5.74, 6) is -1.32. The highest BCUT2D eigenvalue weighted by molar-refractivity contribution is 14.2. The number of aromatic nitrogens is 1. The molecule has 2 aromatic carbocycles. The van der Waals surface area contributed by atoms with E-state index in [1.165, 1.54) is 17.3 Å². The molecule has 0 saturated carbocycles. The average Bonchev–Trinajstić information content (AvgIpc) is 3.06. The maximum Gasteiger partial charge on any atom is 0.328 e. The van der Waals surface area contributed by atoms with Crippen molar-refractivity contribution in [3.8, 4) is 6.07 Å². The van der Waals surface area contributed by atoms with Gasteiger partial charge in [0.25, 0.3) is 0 Å². The molecule has 0 aliphatic carbocycles. The summed E-state index contributed by atoms with van der Waals surface area (Å²) in [6.07, 6.45) is 3.63. The van der Waals surface area contributed by atoms with Crippen LogP contribution in [0.1, 0.15) is 56.2 Å². The number of aliphatic imine (C=N–C) groups is 1. The van der Waals surface area contributed by atoms with Crippen LogP contribution in [-0.4, -0.2) is 65.4 Å². The Morgan fingerprint density at radius 1 is 1.30 bits per heavy atom. The minimum atomic E-state index is -1.25. The monoisotopic (exact) mass is 793 g/mol. The summed E-state index contributed by atoms with van der Waals surface area (Å²) in [6.45, 7) is 7.29. The number of imide groups is 1. The standard InChI is InChI=1S/C31H31ClFN7O3.C2H6.HIS/c1-31(43)17-39(16-18-3-4-20(25(32)11-18)23(15-36-2)26(35)13-34)9-7-24(31)21-5-6-27-22(29(21)33)12-19(14-37-27)40-10-8-28(41)38-30(40)42;2*1-2/h3-6,11-12,14-15,24,43H,7-10,16-17,35H2,1-2H3,(H,38,41,42);1-2H3;2H/b26-23+,36-15?;;. The lowest BCUT2D eigenvalue weighted by molar-refractivity contribution is -0.120. The fraction of sp³-hybridized carbons (Fsp3) is 0.364. The first-order chi connectivity index (χ1) is 22.5. The van der Waals surface area contributed by atoms with Crippen LogP contribution in [0.5, 0.6) is 0 Å². The van der Waals surface area contributed by atoms with Gasteiger partial charge in [-0.3, -0.25) is 29.9 Å². The fourth-order valence-corrected chi connectivity index (χ4v) is 6.20. The van der Waals surface area contributed by atoms with Crippen LogP contribution in [0.15, 0.2) is 53.3 Å². The Balaban J connectivity index is 0.00000144. The highest BCUT2D eigenvalue weighted by Crippen LogP contribution is 2.40. The van der Waals surface area contributed by atoms with Gasteiger partial charge in [-0.05, 0) is 70.4 Å². The molecule has 0 radical (unpaired) electrons. The summed E-state index contributed by atoms with van der Waals surface area (Å²) in [5, 5.41) is 23.7. The number of piperidine rings is 1. The lowest BCUT2D eigenvalue weighted by Gasteiger charge is -2.43. The molecule has 3 amide bonds. The van der Waals surface area contributed by atoms with Crippen LogP contribution in [0.3, 0.4) is 0 Å². The molecule has 2 saturated heterocycles. The molecule has 14 heteroatoms. The Kier molecular flexibility index (Phi) is 14.0. The Bertz CT molecular complexity index is 1730. The number of urea groups is 1. The number of nitriles is 1. The molecular formula is C33H38ClFIN7O3S. The number of anilines is 1. The van der Waals surface area contributed by atoms with Gasteiger partial charge in [0.2, 0.25) is 5.91 Å². The first-order valence-electron chi connectivity index (χ1n) is 14.9. The molecule has 47 heavy (non-hydrogen) atoms. The predicted octanol–water partition coefficient (Wildman–Crippen LogP) is 6.40. The lowest BCUT2D eigenvalue weighted by Crippen LogP contribution is -2.50. The number of nitrogens with one attached hydrogen (secondary N) is 1. The topological polar surface area (TPSA) is 148 Å². The molecule has 2 aliphatic heterocycles. The molecule has 0 spiro atoms. The molecule has 4 N–H and O–H groups in total. The van der Waals surface area contributed by atoms with Crippen LogP contribution in [0.4, 0.5) is 14.9 Å². The summed E-state index contributed by atoms with van der Waals surface area (Å²) in [5.41, 5.74) is 7.76. The molecule has 0 bridgehead atoms. The number of aliphatic hydroxyl groups is 1. The fourth-order valence-electron chi connectivity index (χ4n) is 5.89. The van der Waals surface area contributed by atoms with Crippen molar-refractivity contribution in [3.63, 3.8) is 0 Å².